The minimum Gasteiger partial charge on any atom is -0.492 e. The molecule has 1 amide bonds. The van der Waals surface area contributed by atoms with Gasteiger partial charge in [-0.1, -0.05) is 24.3 Å². The molecule has 1 fully saturated rings. The first-order valence-electron chi connectivity index (χ1n) is 14.6. The van der Waals surface area contributed by atoms with Crippen molar-refractivity contribution in [1.29, 1.82) is 0 Å². The van der Waals surface area contributed by atoms with Crippen LogP contribution in [0, 0.1) is 0 Å². The molecular formula is C33H34N4O4S. The van der Waals surface area contributed by atoms with Gasteiger partial charge >= 0.3 is 0 Å². The van der Waals surface area contributed by atoms with E-state index in [0.29, 0.717) is 42.9 Å². The van der Waals surface area contributed by atoms with Gasteiger partial charge in [0, 0.05) is 47.5 Å². The van der Waals surface area contributed by atoms with E-state index in [4.69, 9.17) is 4.74 Å². The van der Waals surface area contributed by atoms with Crippen molar-refractivity contribution >= 4 is 43.7 Å². The Morgan fingerprint density at radius 2 is 1.76 bits per heavy atom. The molecule has 3 aliphatic rings. The maximum Gasteiger partial charge on any atom is 0.256 e. The lowest BCUT2D eigenvalue weighted by Crippen LogP contribution is -2.35. The molecule has 4 aromatic rings. The van der Waals surface area contributed by atoms with E-state index < -0.39 is 10.0 Å². The fourth-order valence-electron chi connectivity index (χ4n) is 6.34. The number of benzene rings is 3. The van der Waals surface area contributed by atoms with Crippen LogP contribution in [0.1, 0.15) is 42.1 Å². The normalized spacial score (nSPS) is 18.6. The van der Waals surface area contributed by atoms with Crippen LogP contribution >= 0.6 is 0 Å². The number of carbonyl (C=O) groups excluding carboxylic acids is 1. The molecule has 3 aliphatic heterocycles. The number of aromatic nitrogens is 1. The number of rotatable bonds is 7. The summed E-state index contributed by atoms with van der Waals surface area (Å²) in [5, 5.41) is 3.91. The third kappa shape index (κ3) is 4.91. The molecule has 1 saturated heterocycles. The first-order valence-corrected chi connectivity index (χ1v) is 16.0. The van der Waals surface area contributed by atoms with Gasteiger partial charge in [0.15, 0.2) is 0 Å². The highest BCUT2D eigenvalue weighted by Crippen LogP contribution is 2.39. The Morgan fingerprint density at radius 1 is 0.952 bits per heavy atom. The number of allylic oxidation sites excluding steroid dienone is 1. The maximum atomic E-state index is 13.7. The van der Waals surface area contributed by atoms with Crippen molar-refractivity contribution in [3.05, 3.63) is 89.1 Å². The monoisotopic (exact) mass is 582 g/mol. The van der Waals surface area contributed by atoms with Gasteiger partial charge in [0.2, 0.25) is 10.0 Å². The lowest BCUT2D eigenvalue weighted by Gasteiger charge is -2.28. The highest BCUT2D eigenvalue weighted by atomic mass is 32.2. The molecule has 9 heteroatoms. The van der Waals surface area contributed by atoms with Crippen molar-refractivity contribution in [2.75, 3.05) is 38.1 Å². The highest BCUT2D eigenvalue weighted by Gasteiger charge is 2.32. The third-order valence-electron chi connectivity index (χ3n) is 8.72. The molecule has 2 N–H and O–H groups in total. The summed E-state index contributed by atoms with van der Waals surface area (Å²) < 4.78 is 35.0. The van der Waals surface area contributed by atoms with Crippen LogP contribution in [0.3, 0.4) is 0 Å². The molecule has 0 atom stereocenters. The smallest absolute Gasteiger partial charge is 0.256 e. The van der Waals surface area contributed by atoms with Crippen LogP contribution in [-0.4, -0.2) is 61.3 Å². The highest BCUT2D eigenvalue weighted by molar-refractivity contribution is 7.89. The Hall–Kier alpha value is -3.92. The molecule has 3 aromatic carbocycles. The van der Waals surface area contributed by atoms with Crippen LogP contribution in [0.4, 0.5) is 5.69 Å². The van der Waals surface area contributed by atoms with Gasteiger partial charge < -0.3 is 15.0 Å². The predicted octanol–water partition coefficient (Wildman–Crippen LogP) is 5.27. The van der Waals surface area contributed by atoms with Crippen LogP contribution in [0.2, 0.25) is 0 Å². The first-order chi connectivity index (χ1) is 20.4. The number of nitrogens with one attached hydrogen (secondary N) is 2. The van der Waals surface area contributed by atoms with Gasteiger partial charge in [0.1, 0.15) is 12.4 Å². The molecular weight excluding hydrogens is 548 g/mol. The Bertz CT molecular complexity index is 1840. The predicted molar refractivity (Wildman–Crippen MR) is 165 cm³/mol. The van der Waals surface area contributed by atoms with E-state index in [2.05, 4.69) is 21.3 Å². The number of ether oxygens (including phenoxy) is 1. The standard InChI is InChI=1S/C33H34N4O4S/c1-22(31-19-25-18-26(8-10-29(25)34-31)41-17-16-36-13-4-5-14-36)32-28-20-27(9-11-30(28)35-33(32)38)42(39,40)37-15-12-23-6-2-3-7-24(23)21-37/h2-3,6-11,18-20,34H,4-5,12-17,21H2,1H3,(H,35,38)/b32-22-. The molecule has 42 heavy (non-hydrogen) atoms. The summed E-state index contributed by atoms with van der Waals surface area (Å²) in [6, 6.07) is 20.9. The second-order valence-corrected chi connectivity index (χ2v) is 13.3. The fraction of sp³-hybridized carbons (Fsp3) is 0.303. The summed E-state index contributed by atoms with van der Waals surface area (Å²) in [5.41, 5.74) is 6.39. The van der Waals surface area contributed by atoms with Crippen LogP contribution in [0.15, 0.2) is 71.6 Å². The Balaban J connectivity index is 1.16. The van der Waals surface area contributed by atoms with E-state index >= 15 is 0 Å². The van der Waals surface area contributed by atoms with Crippen molar-refractivity contribution in [2.45, 2.75) is 37.6 Å². The molecule has 0 bridgehead atoms. The van der Waals surface area contributed by atoms with Crippen molar-refractivity contribution in [3.8, 4) is 5.75 Å². The van der Waals surface area contributed by atoms with E-state index in [-0.39, 0.29) is 10.8 Å². The summed E-state index contributed by atoms with van der Waals surface area (Å²) in [5.74, 6) is 0.574. The van der Waals surface area contributed by atoms with Gasteiger partial charge in [-0.05, 0) is 98.4 Å². The lowest BCUT2D eigenvalue weighted by molar-refractivity contribution is -0.110. The Morgan fingerprint density at radius 3 is 2.60 bits per heavy atom. The minimum atomic E-state index is -3.75. The van der Waals surface area contributed by atoms with E-state index in [1.54, 1.807) is 18.2 Å². The number of fused-ring (bicyclic) bond motifs is 3. The second kappa shape index (κ2) is 10.7. The van der Waals surface area contributed by atoms with E-state index in [1.807, 2.05) is 49.4 Å². The molecule has 8 nitrogen and oxygen atoms in total. The van der Waals surface area contributed by atoms with Crippen LogP contribution in [0.5, 0.6) is 5.75 Å². The van der Waals surface area contributed by atoms with Crippen molar-refractivity contribution in [3.63, 3.8) is 0 Å². The van der Waals surface area contributed by atoms with E-state index in [9.17, 15) is 13.2 Å². The zero-order chi connectivity index (χ0) is 28.8. The molecule has 0 radical (unpaired) electrons. The number of anilines is 1. The molecule has 0 unspecified atom stereocenters. The molecule has 0 spiro atoms. The van der Waals surface area contributed by atoms with Gasteiger partial charge in [-0.2, -0.15) is 4.31 Å². The summed E-state index contributed by atoms with van der Waals surface area (Å²) in [7, 11) is -3.75. The largest absolute Gasteiger partial charge is 0.492 e. The number of sulfonamides is 1. The minimum absolute atomic E-state index is 0.190. The van der Waals surface area contributed by atoms with Crippen LogP contribution < -0.4 is 10.1 Å². The summed E-state index contributed by atoms with van der Waals surface area (Å²) in [4.78, 5) is 19.2. The zero-order valence-electron chi connectivity index (χ0n) is 23.7. The number of aromatic amines is 1. The average Bonchev–Trinajstić information content (AvgIpc) is 3.74. The molecule has 0 saturated carbocycles. The zero-order valence-corrected chi connectivity index (χ0v) is 24.5. The number of nitrogens with zero attached hydrogens (tertiary/aromatic N) is 2. The number of hydrogen-bond donors (Lipinski definition) is 2. The Labute approximate surface area is 246 Å². The van der Waals surface area contributed by atoms with Crippen molar-refractivity contribution < 1.29 is 17.9 Å². The molecule has 0 aliphatic carbocycles. The number of likely N-dealkylation sites (tertiary alicyclic amines) is 1. The fourth-order valence-corrected chi connectivity index (χ4v) is 7.78. The van der Waals surface area contributed by atoms with E-state index in [0.717, 1.165) is 53.1 Å². The summed E-state index contributed by atoms with van der Waals surface area (Å²) >= 11 is 0. The Kier molecular flexibility index (Phi) is 6.88. The van der Waals surface area contributed by atoms with Gasteiger partial charge in [-0.15, -0.1) is 0 Å². The van der Waals surface area contributed by atoms with Gasteiger partial charge in [0.25, 0.3) is 5.91 Å². The van der Waals surface area contributed by atoms with Crippen molar-refractivity contribution in [2.24, 2.45) is 0 Å². The SMILES string of the molecule is C/C(=C1/C(=O)Nc2ccc(S(=O)(=O)N3CCc4ccccc4C3)cc21)c1cc2cc(OCCN3CCCC3)ccc2[nH]1. The number of amides is 1. The number of H-pyrrole nitrogens is 1. The lowest BCUT2D eigenvalue weighted by atomic mass is 10.00. The second-order valence-electron chi connectivity index (χ2n) is 11.3. The average molecular weight is 583 g/mol. The van der Waals surface area contributed by atoms with Crippen LogP contribution in [0.25, 0.3) is 22.0 Å². The summed E-state index contributed by atoms with van der Waals surface area (Å²) in [6.07, 6.45) is 3.20. The number of carbonyl (C=O) groups is 1. The van der Waals surface area contributed by atoms with Crippen molar-refractivity contribution in [1.82, 2.24) is 14.2 Å². The van der Waals surface area contributed by atoms with Gasteiger partial charge in [-0.3, -0.25) is 9.69 Å². The molecule has 1 aromatic heterocycles. The molecule has 4 heterocycles. The molecule has 216 valence electrons. The van der Waals surface area contributed by atoms with Gasteiger partial charge in [0.05, 0.1) is 10.5 Å². The van der Waals surface area contributed by atoms with Crippen LogP contribution in [-0.2, 0) is 27.8 Å². The number of hydrogen-bond acceptors (Lipinski definition) is 5. The summed E-state index contributed by atoms with van der Waals surface area (Å²) in [6.45, 7) is 6.53. The van der Waals surface area contributed by atoms with Gasteiger partial charge in [-0.25, -0.2) is 8.42 Å². The molecule has 7 rings (SSSR count). The first kappa shape index (κ1) is 26.9. The quantitative estimate of drug-likeness (QED) is 0.290. The topological polar surface area (TPSA) is 94.7 Å². The van der Waals surface area contributed by atoms with E-state index in [1.165, 1.54) is 22.7 Å². The maximum absolute atomic E-state index is 13.7. The third-order valence-corrected chi connectivity index (χ3v) is 10.6.